The topological polar surface area (TPSA) is 35.3 Å². The molecule has 0 amide bonds. The van der Waals surface area contributed by atoms with Gasteiger partial charge in [0.05, 0.1) is 5.70 Å². The molecule has 2 N–H and O–H groups in total. The molecule has 0 aromatic carbocycles. The molecule has 0 radical (unpaired) electrons. The Labute approximate surface area is 112 Å². The van der Waals surface area contributed by atoms with E-state index in [1.165, 1.54) is 0 Å². The van der Waals surface area contributed by atoms with Crippen LogP contribution in [0, 0.1) is 0 Å². The summed E-state index contributed by atoms with van der Waals surface area (Å²) in [7, 11) is 0. The van der Waals surface area contributed by atoms with Crippen LogP contribution < -0.4 is 0 Å². The molecule has 0 fully saturated rings. The van der Waals surface area contributed by atoms with Crippen molar-refractivity contribution < 1.29 is 5.11 Å². The molecule has 0 aliphatic heterocycles. The largest absolute Gasteiger partial charge is 0.445 e. The first-order valence-corrected chi connectivity index (χ1v) is 6.47. The minimum Gasteiger partial charge on any atom is -0.445 e. The van der Waals surface area contributed by atoms with Crippen molar-refractivity contribution in [2.24, 2.45) is 4.99 Å². The van der Waals surface area contributed by atoms with Crippen molar-refractivity contribution in [3.63, 3.8) is 0 Å². The number of allylic oxidation sites excluding steroid dienone is 5. The molecule has 0 bridgehead atoms. The molecule has 0 rings (SSSR count). The first-order chi connectivity index (χ1) is 8.71. The highest BCUT2D eigenvalue weighted by molar-refractivity contribution is 5.58. The normalized spacial score (nSPS) is 12.7. The summed E-state index contributed by atoms with van der Waals surface area (Å²) in [5, 5.41) is 6.60. The second-order valence-electron chi connectivity index (χ2n) is 3.50. The number of aliphatic imine (C=N–C) groups is 1. The SMILES string of the molecule is C=C\C=C/C(=C\C)C(=C/C)/N=CC.CCCC[OH2+]. The summed E-state index contributed by atoms with van der Waals surface area (Å²) >= 11 is 0. The van der Waals surface area contributed by atoms with E-state index in [0.717, 1.165) is 24.1 Å². The highest BCUT2D eigenvalue weighted by Crippen LogP contribution is 2.12. The second-order valence-corrected chi connectivity index (χ2v) is 3.50. The van der Waals surface area contributed by atoms with Crippen LogP contribution in [0.4, 0.5) is 0 Å². The van der Waals surface area contributed by atoms with Crippen LogP contribution in [0.1, 0.15) is 40.5 Å². The van der Waals surface area contributed by atoms with Crippen molar-refractivity contribution in [1.29, 1.82) is 0 Å². The van der Waals surface area contributed by atoms with Crippen LogP contribution in [0.3, 0.4) is 0 Å². The summed E-state index contributed by atoms with van der Waals surface area (Å²) < 4.78 is 0. The van der Waals surface area contributed by atoms with Crippen LogP contribution in [0.15, 0.2) is 53.2 Å². The maximum absolute atomic E-state index is 6.60. The number of hydrogen-bond donors (Lipinski definition) is 0. The van der Waals surface area contributed by atoms with Gasteiger partial charge in [-0.3, -0.25) is 4.99 Å². The highest BCUT2D eigenvalue weighted by Gasteiger charge is 1.94. The van der Waals surface area contributed by atoms with Gasteiger partial charge < -0.3 is 5.11 Å². The van der Waals surface area contributed by atoms with E-state index in [1.54, 1.807) is 12.3 Å². The van der Waals surface area contributed by atoms with Gasteiger partial charge >= 0.3 is 0 Å². The third-order valence-electron chi connectivity index (χ3n) is 2.09. The van der Waals surface area contributed by atoms with E-state index in [0.29, 0.717) is 6.61 Å². The monoisotopic (exact) mass is 250 g/mol. The molecule has 0 aliphatic rings. The number of unbranched alkanes of at least 4 members (excludes halogenated alkanes) is 1. The molecule has 102 valence electrons. The predicted molar refractivity (Wildman–Crippen MR) is 84.4 cm³/mol. The van der Waals surface area contributed by atoms with Gasteiger partial charge in [0, 0.05) is 12.6 Å². The van der Waals surface area contributed by atoms with Gasteiger partial charge in [0.25, 0.3) is 0 Å². The summed E-state index contributed by atoms with van der Waals surface area (Å²) in [6.07, 6.45) is 13.7. The van der Waals surface area contributed by atoms with Crippen molar-refractivity contribution in [1.82, 2.24) is 0 Å². The highest BCUT2D eigenvalue weighted by atomic mass is 16.2. The molecule has 0 aliphatic carbocycles. The van der Waals surface area contributed by atoms with Gasteiger partial charge in [0.15, 0.2) is 0 Å². The van der Waals surface area contributed by atoms with Crippen molar-refractivity contribution in [3.8, 4) is 0 Å². The molecule has 0 heterocycles. The molecule has 0 atom stereocenters. The molecule has 0 aromatic heterocycles. The molecule has 0 saturated carbocycles. The lowest BCUT2D eigenvalue weighted by atomic mass is 10.1. The van der Waals surface area contributed by atoms with Gasteiger partial charge in [-0.2, -0.15) is 0 Å². The Balaban J connectivity index is 0. The fourth-order valence-corrected chi connectivity index (χ4v) is 1.13. The van der Waals surface area contributed by atoms with Crippen LogP contribution in [0.5, 0.6) is 0 Å². The van der Waals surface area contributed by atoms with E-state index in [2.05, 4.69) is 18.5 Å². The van der Waals surface area contributed by atoms with Crippen LogP contribution in [0.25, 0.3) is 0 Å². The summed E-state index contributed by atoms with van der Waals surface area (Å²) in [5.41, 5.74) is 2.10. The maximum Gasteiger partial charge on any atom is 0.143 e. The average Bonchev–Trinajstić information content (AvgIpc) is 2.39. The summed E-state index contributed by atoms with van der Waals surface area (Å²) in [4.78, 5) is 4.25. The fourth-order valence-electron chi connectivity index (χ4n) is 1.13. The van der Waals surface area contributed by atoms with Gasteiger partial charge in [-0.25, -0.2) is 0 Å². The Hall–Kier alpha value is -1.41. The molecule has 2 heteroatoms. The number of rotatable bonds is 6. The van der Waals surface area contributed by atoms with Gasteiger partial charge in [-0.05, 0) is 32.8 Å². The molecule has 0 aromatic rings. The van der Waals surface area contributed by atoms with Crippen molar-refractivity contribution in [2.75, 3.05) is 6.61 Å². The third kappa shape index (κ3) is 11.1. The van der Waals surface area contributed by atoms with Gasteiger partial charge in [0.2, 0.25) is 0 Å². The summed E-state index contributed by atoms with van der Waals surface area (Å²) in [6, 6.07) is 0. The Morgan fingerprint density at radius 1 is 1.22 bits per heavy atom. The zero-order chi connectivity index (χ0) is 14.2. The standard InChI is InChI=1S/C12H17N.C4H10O/c1-5-9-10-11(6-2)12(7-3)13-8-4;1-2-3-4-5/h5-10H,1H2,2-4H3;5H,2-4H2,1H3/p+1/b10-9-,11-6+,12-7-,13-8?;. The molecule has 18 heavy (non-hydrogen) atoms. The third-order valence-corrected chi connectivity index (χ3v) is 2.09. The predicted octanol–water partition coefficient (Wildman–Crippen LogP) is 4.18. The van der Waals surface area contributed by atoms with E-state index in [4.69, 9.17) is 5.11 Å². The first kappa shape index (κ1) is 18.9. The molecule has 0 unspecified atom stereocenters. The summed E-state index contributed by atoms with van der Waals surface area (Å²) in [5.74, 6) is 0. The maximum atomic E-state index is 6.60. The fraction of sp³-hybridized carbons (Fsp3) is 0.438. The van der Waals surface area contributed by atoms with E-state index in [1.807, 2.05) is 45.1 Å². The van der Waals surface area contributed by atoms with Crippen LogP contribution in [-0.2, 0) is 0 Å². The van der Waals surface area contributed by atoms with E-state index < -0.39 is 0 Å². The van der Waals surface area contributed by atoms with Gasteiger partial charge in [0.1, 0.15) is 6.61 Å². The Kier molecular flexibility index (Phi) is 16.4. The minimum absolute atomic E-state index is 0.594. The van der Waals surface area contributed by atoms with Crippen molar-refractivity contribution in [3.05, 3.63) is 48.2 Å². The van der Waals surface area contributed by atoms with Crippen LogP contribution in [0.2, 0.25) is 0 Å². The van der Waals surface area contributed by atoms with E-state index in [-0.39, 0.29) is 0 Å². The zero-order valence-electron chi connectivity index (χ0n) is 12.2. The lowest BCUT2D eigenvalue weighted by Gasteiger charge is -2.00. The van der Waals surface area contributed by atoms with Gasteiger partial charge in [-0.1, -0.05) is 43.9 Å². The smallest absolute Gasteiger partial charge is 0.143 e. The first-order valence-electron chi connectivity index (χ1n) is 6.47. The lowest BCUT2D eigenvalue weighted by Crippen LogP contribution is -1.82. The summed E-state index contributed by atoms with van der Waals surface area (Å²) in [6.45, 7) is 12.2. The zero-order valence-corrected chi connectivity index (χ0v) is 12.2. The van der Waals surface area contributed by atoms with Crippen molar-refractivity contribution >= 4 is 6.21 Å². The minimum atomic E-state index is 0.594. The second kappa shape index (κ2) is 15.6. The Bertz CT molecular complexity index is 307. The van der Waals surface area contributed by atoms with Crippen LogP contribution in [-0.4, -0.2) is 17.9 Å². The number of hydrogen-bond acceptors (Lipinski definition) is 1. The number of nitrogens with zero attached hydrogens (tertiary/aromatic N) is 1. The molecule has 0 spiro atoms. The van der Waals surface area contributed by atoms with Crippen LogP contribution >= 0.6 is 0 Å². The molecular weight excluding hydrogens is 222 g/mol. The molecule has 0 saturated heterocycles. The average molecular weight is 250 g/mol. The Morgan fingerprint density at radius 2 is 1.89 bits per heavy atom. The Morgan fingerprint density at radius 3 is 2.17 bits per heavy atom. The molecule has 2 nitrogen and oxygen atoms in total. The van der Waals surface area contributed by atoms with Crippen molar-refractivity contribution in [2.45, 2.75) is 40.5 Å². The van der Waals surface area contributed by atoms with E-state index in [9.17, 15) is 0 Å². The molecular formula is C16H28NO+. The lowest BCUT2D eigenvalue weighted by molar-refractivity contribution is 0.287. The van der Waals surface area contributed by atoms with Gasteiger partial charge in [-0.15, -0.1) is 0 Å². The quantitative estimate of drug-likeness (QED) is 0.385. The van der Waals surface area contributed by atoms with E-state index >= 15 is 0 Å².